The number of benzene rings is 2. The van der Waals surface area contributed by atoms with E-state index in [1.165, 1.54) is 19.1 Å². The van der Waals surface area contributed by atoms with E-state index in [-0.39, 0.29) is 5.89 Å². The summed E-state index contributed by atoms with van der Waals surface area (Å²) in [5.74, 6) is -0.855. The van der Waals surface area contributed by atoms with Gasteiger partial charge in [-0.2, -0.15) is 0 Å². The monoisotopic (exact) mass is 384 g/mol. The van der Waals surface area contributed by atoms with Crippen LogP contribution < -0.4 is 5.32 Å². The summed E-state index contributed by atoms with van der Waals surface area (Å²) in [6, 6.07) is 12.4. The molecule has 0 fully saturated rings. The van der Waals surface area contributed by atoms with Crippen molar-refractivity contribution in [2.75, 3.05) is 5.32 Å². The van der Waals surface area contributed by atoms with Gasteiger partial charge in [-0.05, 0) is 43.7 Å². The van der Waals surface area contributed by atoms with Crippen LogP contribution in [0, 0.1) is 6.92 Å². The van der Waals surface area contributed by atoms with Gasteiger partial charge in [-0.15, -0.1) is 0 Å². The summed E-state index contributed by atoms with van der Waals surface area (Å²) in [7, 11) is 0. The van der Waals surface area contributed by atoms with E-state index in [0.29, 0.717) is 21.8 Å². The van der Waals surface area contributed by atoms with Crippen LogP contribution in [0.15, 0.2) is 53.0 Å². The Hall–Kier alpha value is -3.12. The van der Waals surface area contributed by atoms with Crippen molar-refractivity contribution < 1.29 is 18.7 Å². The molecule has 2 aromatic carbocycles. The third-order valence-electron chi connectivity index (χ3n) is 3.79. The fourth-order valence-corrected chi connectivity index (χ4v) is 2.50. The predicted molar refractivity (Wildman–Crippen MR) is 103 cm³/mol. The van der Waals surface area contributed by atoms with Gasteiger partial charge in [0.1, 0.15) is 5.52 Å². The van der Waals surface area contributed by atoms with E-state index in [1.54, 1.807) is 30.3 Å². The molecule has 3 rings (SSSR count). The quantitative estimate of drug-likeness (QED) is 0.521. The Morgan fingerprint density at radius 1 is 1.26 bits per heavy atom. The maximum absolute atomic E-state index is 12.2. The molecule has 0 radical (unpaired) electrons. The van der Waals surface area contributed by atoms with E-state index in [2.05, 4.69) is 10.3 Å². The van der Waals surface area contributed by atoms with Gasteiger partial charge in [-0.1, -0.05) is 29.8 Å². The second-order valence-electron chi connectivity index (χ2n) is 5.88. The number of hydrogen-bond donors (Lipinski definition) is 1. The van der Waals surface area contributed by atoms with Gasteiger partial charge in [-0.3, -0.25) is 4.79 Å². The average Bonchev–Trinajstić information content (AvgIpc) is 3.06. The zero-order chi connectivity index (χ0) is 19.4. The molecule has 0 bridgehead atoms. The van der Waals surface area contributed by atoms with Crippen LogP contribution in [-0.2, 0) is 14.3 Å². The fourth-order valence-electron chi connectivity index (χ4n) is 2.33. The normalized spacial score (nSPS) is 12.3. The number of ether oxygens (including phenoxy) is 1. The first kappa shape index (κ1) is 18.7. The van der Waals surface area contributed by atoms with E-state index < -0.39 is 18.0 Å². The first-order chi connectivity index (χ1) is 12.9. The molecule has 0 spiro atoms. The molecule has 1 atom stereocenters. The van der Waals surface area contributed by atoms with Gasteiger partial charge in [0.2, 0.25) is 5.89 Å². The summed E-state index contributed by atoms with van der Waals surface area (Å²) >= 11 is 5.93. The van der Waals surface area contributed by atoms with E-state index in [0.717, 1.165) is 5.56 Å². The molecule has 1 heterocycles. The Morgan fingerprint density at radius 2 is 2.04 bits per heavy atom. The lowest BCUT2D eigenvalue weighted by atomic mass is 10.2. The number of hydrogen-bond acceptors (Lipinski definition) is 5. The fraction of sp³-hybridized carbons (Fsp3) is 0.150. The van der Waals surface area contributed by atoms with Crippen LogP contribution in [0.5, 0.6) is 0 Å². The van der Waals surface area contributed by atoms with Gasteiger partial charge >= 0.3 is 5.97 Å². The third kappa shape index (κ3) is 4.74. The number of carbonyl (C=O) groups is 2. The Balaban J connectivity index is 1.59. The van der Waals surface area contributed by atoms with Crippen molar-refractivity contribution in [3.63, 3.8) is 0 Å². The maximum atomic E-state index is 12.2. The van der Waals surface area contributed by atoms with E-state index >= 15 is 0 Å². The Morgan fingerprint density at radius 3 is 2.81 bits per heavy atom. The number of halogens is 1. The highest BCUT2D eigenvalue weighted by atomic mass is 35.5. The summed E-state index contributed by atoms with van der Waals surface area (Å²) in [4.78, 5) is 28.4. The predicted octanol–water partition coefficient (Wildman–Crippen LogP) is 4.37. The van der Waals surface area contributed by atoms with E-state index in [4.69, 9.17) is 20.8 Å². The molecule has 0 aliphatic rings. The molecule has 0 aliphatic heterocycles. The molecule has 1 N–H and O–H groups in total. The van der Waals surface area contributed by atoms with Gasteiger partial charge in [0, 0.05) is 22.9 Å². The van der Waals surface area contributed by atoms with Crippen molar-refractivity contribution in [3.05, 3.63) is 65.0 Å². The molecule has 0 aliphatic carbocycles. The van der Waals surface area contributed by atoms with Gasteiger partial charge in [0.25, 0.3) is 5.91 Å². The van der Waals surface area contributed by atoms with Crippen LogP contribution in [0.25, 0.3) is 17.2 Å². The molecule has 6 nitrogen and oxygen atoms in total. The molecule has 7 heteroatoms. The summed E-state index contributed by atoms with van der Waals surface area (Å²) < 4.78 is 10.6. The summed E-state index contributed by atoms with van der Waals surface area (Å²) in [6.45, 7) is 3.33. The van der Waals surface area contributed by atoms with Crippen LogP contribution >= 0.6 is 11.6 Å². The largest absolute Gasteiger partial charge is 0.449 e. The number of para-hydroxylation sites is 2. The maximum Gasteiger partial charge on any atom is 0.331 e. The second-order valence-corrected chi connectivity index (χ2v) is 6.32. The number of esters is 1. The highest BCUT2D eigenvalue weighted by Crippen LogP contribution is 2.20. The van der Waals surface area contributed by atoms with Crippen molar-refractivity contribution in [1.82, 2.24) is 4.98 Å². The van der Waals surface area contributed by atoms with Gasteiger partial charge in [-0.25, -0.2) is 9.78 Å². The lowest BCUT2D eigenvalue weighted by Gasteiger charge is -2.14. The number of nitrogens with zero attached hydrogens (tertiary/aromatic N) is 1. The Bertz CT molecular complexity index is 993. The number of aryl methyl sites for hydroxylation is 1. The third-order valence-corrected chi connectivity index (χ3v) is 4.03. The molecule has 0 unspecified atom stereocenters. The van der Waals surface area contributed by atoms with Crippen LogP contribution in [0.2, 0.25) is 5.02 Å². The van der Waals surface area contributed by atoms with Crippen molar-refractivity contribution in [1.29, 1.82) is 0 Å². The zero-order valence-corrected chi connectivity index (χ0v) is 15.5. The highest BCUT2D eigenvalue weighted by Gasteiger charge is 2.17. The van der Waals surface area contributed by atoms with Crippen LogP contribution in [0.1, 0.15) is 18.4 Å². The molecule has 3 aromatic rings. The lowest BCUT2D eigenvalue weighted by Crippen LogP contribution is -2.29. The molecule has 0 saturated carbocycles. The molecule has 138 valence electrons. The number of anilines is 1. The number of nitrogens with one attached hydrogen (secondary N) is 1. The number of rotatable bonds is 5. The molecule has 1 aromatic heterocycles. The number of aromatic nitrogens is 1. The van der Waals surface area contributed by atoms with Crippen molar-refractivity contribution in [2.45, 2.75) is 20.0 Å². The average molecular weight is 385 g/mol. The Labute approximate surface area is 160 Å². The van der Waals surface area contributed by atoms with E-state index in [1.807, 2.05) is 19.1 Å². The minimum atomic E-state index is -0.982. The number of oxazole rings is 1. The summed E-state index contributed by atoms with van der Waals surface area (Å²) in [6.07, 6.45) is 1.58. The summed E-state index contributed by atoms with van der Waals surface area (Å²) in [5, 5.41) is 3.19. The first-order valence-electron chi connectivity index (χ1n) is 8.23. The SMILES string of the molecule is Cc1ccc(Cl)cc1NC(=O)[C@H](C)OC(=O)/C=C/c1nc2ccccc2o1. The Kier molecular flexibility index (Phi) is 5.57. The second kappa shape index (κ2) is 8.05. The molecule has 27 heavy (non-hydrogen) atoms. The van der Waals surface area contributed by atoms with Crippen molar-refractivity contribution >= 4 is 46.3 Å². The lowest BCUT2D eigenvalue weighted by molar-refractivity contribution is -0.148. The van der Waals surface area contributed by atoms with Crippen molar-refractivity contribution in [2.24, 2.45) is 0 Å². The minimum Gasteiger partial charge on any atom is -0.449 e. The number of carbonyl (C=O) groups excluding carboxylic acids is 2. The van der Waals surface area contributed by atoms with Crippen LogP contribution in [-0.4, -0.2) is 23.0 Å². The summed E-state index contributed by atoms with van der Waals surface area (Å²) in [5.41, 5.74) is 2.73. The van der Waals surface area contributed by atoms with Gasteiger partial charge in [0.05, 0.1) is 0 Å². The molecule has 0 saturated heterocycles. The minimum absolute atomic E-state index is 0.278. The molecule has 1 amide bonds. The number of fused-ring (bicyclic) bond motifs is 1. The zero-order valence-electron chi connectivity index (χ0n) is 14.7. The van der Waals surface area contributed by atoms with E-state index in [9.17, 15) is 9.59 Å². The topological polar surface area (TPSA) is 81.4 Å². The van der Waals surface area contributed by atoms with Crippen LogP contribution in [0.3, 0.4) is 0 Å². The standard InChI is InChI=1S/C20H17ClN2O4/c1-12-7-8-14(21)11-16(12)23-20(25)13(2)26-19(24)10-9-18-22-15-5-3-4-6-17(15)27-18/h3-11,13H,1-2H3,(H,23,25)/b10-9+/t13-/m0/s1. The van der Waals surface area contributed by atoms with Crippen LogP contribution in [0.4, 0.5) is 5.69 Å². The van der Waals surface area contributed by atoms with Crippen molar-refractivity contribution in [3.8, 4) is 0 Å². The van der Waals surface area contributed by atoms with Gasteiger partial charge < -0.3 is 14.5 Å². The number of amides is 1. The van der Waals surface area contributed by atoms with Gasteiger partial charge in [0.15, 0.2) is 11.7 Å². The highest BCUT2D eigenvalue weighted by molar-refractivity contribution is 6.31. The smallest absolute Gasteiger partial charge is 0.331 e. The molecular formula is C20H17ClN2O4. The first-order valence-corrected chi connectivity index (χ1v) is 8.61. The molecular weight excluding hydrogens is 368 g/mol.